The van der Waals surface area contributed by atoms with Crippen molar-refractivity contribution < 1.29 is 0 Å². The fourth-order valence-corrected chi connectivity index (χ4v) is 4.41. The zero-order chi connectivity index (χ0) is 23.1. The van der Waals surface area contributed by atoms with Gasteiger partial charge in [-0.25, -0.2) is 9.97 Å². The lowest BCUT2D eigenvalue weighted by molar-refractivity contribution is 1.19. The zero-order valence-electron chi connectivity index (χ0n) is 17.9. The highest BCUT2D eigenvalue weighted by Gasteiger charge is 2.17. The molecule has 3 heterocycles. The van der Waals surface area contributed by atoms with Gasteiger partial charge in [0.2, 0.25) is 0 Å². The largest absolute Gasteiger partial charge is 0.305 e. The van der Waals surface area contributed by atoms with Crippen molar-refractivity contribution in [2.24, 2.45) is 0 Å². The summed E-state index contributed by atoms with van der Waals surface area (Å²) in [6.45, 7) is 0. The van der Waals surface area contributed by atoms with E-state index in [1.807, 2.05) is 84.9 Å². The molecule has 162 valence electrons. The third-order valence-corrected chi connectivity index (χ3v) is 6.03. The molecule has 5 nitrogen and oxygen atoms in total. The maximum atomic E-state index is 12.9. The first kappa shape index (κ1) is 20.3. The van der Waals surface area contributed by atoms with E-state index < -0.39 is 0 Å². The monoisotopic (exact) mass is 460 g/mol. The van der Waals surface area contributed by atoms with Gasteiger partial charge >= 0.3 is 0 Å². The van der Waals surface area contributed by atoms with Crippen molar-refractivity contribution in [3.05, 3.63) is 113 Å². The number of benzene rings is 3. The highest BCUT2D eigenvalue weighted by molar-refractivity contribution is 6.35. The van der Waals surface area contributed by atoms with E-state index in [9.17, 15) is 4.79 Å². The molecule has 0 atom stereocenters. The lowest BCUT2D eigenvalue weighted by atomic mass is 10.0. The Bertz CT molecular complexity index is 1730. The van der Waals surface area contributed by atoms with Gasteiger partial charge in [0.15, 0.2) is 5.65 Å². The predicted octanol–water partition coefficient (Wildman–Crippen LogP) is 6.52. The van der Waals surface area contributed by atoms with E-state index in [2.05, 4.69) is 9.97 Å². The van der Waals surface area contributed by atoms with E-state index in [4.69, 9.17) is 21.6 Å². The Morgan fingerprint density at radius 3 is 2.18 bits per heavy atom. The van der Waals surface area contributed by atoms with Gasteiger partial charge in [0.1, 0.15) is 5.52 Å². The first-order valence-electron chi connectivity index (χ1n) is 10.8. The maximum absolute atomic E-state index is 12.9. The molecule has 0 bridgehead atoms. The van der Waals surface area contributed by atoms with Gasteiger partial charge in [0, 0.05) is 28.3 Å². The average molecular weight is 461 g/mol. The molecule has 0 amide bonds. The van der Waals surface area contributed by atoms with Crippen LogP contribution in [-0.2, 0) is 0 Å². The van der Waals surface area contributed by atoms with Crippen molar-refractivity contribution in [2.75, 3.05) is 0 Å². The number of nitrogens with zero attached hydrogens (tertiary/aromatic N) is 3. The summed E-state index contributed by atoms with van der Waals surface area (Å²) in [6.07, 6.45) is 1.72. The molecular formula is C28H17ClN4O. The predicted molar refractivity (Wildman–Crippen MR) is 137 cm³/mol. The van der Waals surface area contributed by atoms with Gasteiger partial charge in [-0.05, 0) is 29.8 Å². The summed E-state index contributed by atoms with van der Waals surface area (Å²) < 4.78 is 0. The minimum atomic E-state index is -0.209. The number of H-pyrrole nitrogens is 1. The summed E-state index contributed by atoms with van der Waals surface area (Å²) in [5, 5.41) is 1.46. The summed E-state index contributed by atoms with van der Waals surface area (Å²) in [5.74, 6) is 0. The lowest BCUT2D eigenvalue weighted by Crippen LogP contribution is -2.11. The van der Waals surface area contributed by atoms with Gasteiger partial charge in [-0.3, -0.25) is 9.78 Å². The third-order valence-electron chi connectivity index (χ3n) is 5.74. The minimum Gasteiger partial charge on any atom is -0.305 e. The normalized spacial score (nSPS) is 11.2. The Hall–Kier alpha value is -4.35. The van der Waals surface area contributed by atoms with Crippen molar-refractivity contribution in [3.8, 4) is 33.6 Å². The summed E-state index contributed by atoms with van der Waals surface area (Å²) in [5.41, 5.74) is 5.97. The van der Waals surface area contributed by atoms with Crippen LogP contribution >= 0.6 is 11.6 Å². The van der Waals surface area contributed by atoms with Gasteiger partial charge in [0.25, 0.3) is 5.56 Å². The van der Waals surface area contributed by atoms with E-state index in [0.29, 0.717) is 33.1 Å². The number of pyridine rings is 2. The van der Waals surface area contributed by atoms with E-state index in [0.717, 1.165) is 27.6 Å². The average Bonchev–Trinajstić information content (AvgIpc) is 2.88. The summed E-state index contributed by atoms with van der Waals surface area (Å²) in [4.78, 5) is 30.0. The number of aromatic nitrogens is 4. The molecule has 0 aliphatic carbocycles. The Morgan fingerprint density at radius 2 is 1.41 bits per heavy atom. The van der Waals surface area contributed by atoms with Crippen LogP contribution in [0.1, 0.15) is 0 Å². The molecule has 0 radical (unpaired) electrons. The second kappa shape index (κ2) is 8.21. The maximum Gasteiger partial charge on any atom is 0.257 e. The lowest BCUT2D eigenvalue weighted by Gasteiger charge is -2.12. The molecule has 6 heteroatoms. The van der Waals surface area contributed by atoms with Crippen LogP contribution in [0.15, 0.2) is 102 Å². The molecule has 0 unspecified atom stereocenters. The Morgan fingerprint density at radius 1 is 0.706 bits per heavy atom. The van der Waals surface area contributed by atoms with E-state index in [1.165, 1.54) is 0 Å². The van der Waals surface area contributed by atoms with E-state index in [-0.39, 0.29) is 5.56 Å². The van der Waals surface area contributed by atoms with Crippen molar-refractivity contribution in [1.29, 1.82) is 0 Å². The highest BCUT2D eigenvalue weighted by atomic mass is 35.5. The molecule has 3 aromatic heterocycles. The number of hydrogen-bond acceptors (Lipinski definition) is 4. The van der Waals surface area contributed by atoms with Crippen molar-refractivity contribution in [3.63, 3.8) is 0 Å². The molecule has 0 saturated heterocycles. The van der Waals surface area contributed by atoms with Crippen LogP contribution in [0.5, 0.6) is 0 Å². The standard InChI is InChI=1S/C28H17ClN4O/c29-22-15-20(14-19-12-7-13-30-24(19)22)26-25(18-10-5-2-6-11-18)32-27-23(31-26)16-21(28(34)33-27)17-8-3-1-4-9-17/h1-16H,(H,32,33,34). The molecule has 0 aliphatic rings. The number of aromatic amines is 1. The molecule has 6 aromatic rings. The quantitative estimate of drug-likeness (QED) is 0.326. The van der Waals surface area contributed by atoms with Crippen LogP contribution in [0.3, 0.4) is 0 Å². The topological polar surface area (TPSA) is 71.5 Å². The zero-order valence-corrected chi connectivity index (χ0v) is 18.6. The summed E-state index contributed by atoms with van der Waals surface area (Å²) >= 11 is 6.60. The molecule has 6 rings (SSSR count). The van der Waals surface area contributed by atoms with Crippen molar-refractivity contribution in [1.82, 2.24) is 19.9 Å². The Balaban J connectivity index is 1.66. The molecule has 34 heavy (non-hydrogen) atoms. The van der Waals surface area contributed by atoms with Crippen LogP contribution in [0.4, 0.5) is 0 Å². The fourth-order valence-electron chi connectivity index (χ4n) is 4.13. The Kier molecular flexibility index (Phi) is 4.90. The van der Waals surface area contributed by atoms with Gasteiger partial charge in [0.05, 0.1) is 21.9 Å². The third kappa shape index (κ3) is 3.52. The molecule has 0 saturated carbocycles. The molecular weight excluding hydrogens is 444 g/mol. The van der Waals surface area contributed by atoms with Crippen LogP contribution in [-0.4, -0.2) is 19.9 Å². The van der Waals surface area contributed by atoms with Gasteiger partial charge in [-0.2, -0.15) is 0 Å². The summed E-state index contributed by atoms with van der Waals surface area (Å²) in [7, 11) is 0. The number of nitrogens with one attached hydrogen (secondary N) is 1. The van der Waals surface area contributed by atoms with E-state index >= 15 is 0 Å². The number of hydrogen-bond donors (Lipinski definition) is 1. The second-order valence-electron chi connectivity index (χ2n) is 7.93. The molecule has 0 fully saturated rings. The van der Waals surface area contributed by atoms with Crippen molar-refractivity contribution >= 4 is 33.7 Å². The van der Waals surface area contributed by atoms with Crippen LogP contribution in [0.25, 0.3) is 55.7 Å². The second-order valence-corrected chi connectivity index (χ2v) is 8.34. The van der Waals surface area contributed by atoms with Gasteiger partial charge in [-0.1, -0.05) is 78.3 Å². The number of halogens is 1. The van der Waals surface area contributed by atoms with E-state index in [1.54, 1.807) is 12.3 Å². The van der Waals surface area contributed by atoms with Gasteiger partial charge < -0.3 is 4.98 Å². The van der Waals surface area contributed by atoms with Crippen LogP contribution in [0, 0.1) is 0 Å². The molecule has 3 aromatic carbocycles. The highest BCUT2D eigenvalue weighted by Crippen LogP contribution is 2.35. The molecule has 1 N–H and O–H groups in total. The smallest absolute Gasteiger partial charge is 0.257 e. The number of fused-ring (bicyclic) bond motifs is 2. The minimum absolute atomic E-state index is 0.209. The van der Waals surface area contributed by atoms with Gasteiger partial charge in [-0.15, -0.1) is 0 Å². The fraction of sp³-hybridized carbons (Fsp3) is 0. The first-order chi connectivity index (χ1) is 16.7. The SMILES string of the molecule is O=c1[nH]c2nc(-c3ccccc3)c(-c3cc(Cl)c4ncccc4c3)nc2cc1-c1ccccc1. The first-order valence-corrected chi connectivity index (χ1v) is 11.2. The molecule has 0 spiro atoms. The summed E-state index contributed by atoms with van der Waals surface area (Å²) in [6, 6.07) is 28.8. The van der Waals surface area contributed by atoms with Crippen molar-refractivity contribution in [2.45, 2.75) is 0 Å². The van der Waals surface area contributed by atoms with Crippen LogP contribution in [0.2, 0.25) is 5.02 Å². The van der Waals surface area contributed by atoms with Crippen LogP contribution < -0.4 is 5.56 Å². The number of rotatable bonds is 3. The Labute approximate surface area is 199 Å². The molecule has 0 aliphatic heterocycles.